The molecule has 0 amide bonds. The molecule has 0 radical (unpaired) electrons. The second-order valence-electron chi connectivity index (χ2n) is 5.02. The molecular weight excluding hydrogens is 283 g/mol. The molecule has 0 saturated carbocycles. The van der Waals surface area contributed by atoms with E-state index in [9.17, 15) is 13.2 Å². The Kier molecular flexibility index (Phi) is 3.85. The topological polar surface area (TPSA) is 53.1 Å². The van der Waals surface area contributed by atoms with Gasteiger partial charge in [0.15, 0.2) is 5.69 Å². The number of nitrogens with zero attached hydrogens (tertiary/aromatic N) is 2. The molecule has 0 spiro atoms. The van der Waals surface area contributed by atoms with Crippen LogP contribution in [0.5, 0.6) is 5.75 Å². The highest BCUT2D eigenvalue weighted by Crippen LogP contribution is 2.37. The molecule has 2 rings (SSSR count). The van der Waals surface area contributed by atoms with Gasteiger partial charge in [0.1, 0.15) is 5.75 Å². The van der Waals surface area contributed by atoms with Crippen molar-refractivity contribution in [3.63, 3.8) is 0 Å². The molecule has 0 aliphatic carbocycles. The van der Waals surface area contributed by atoms with Gasteiger partial charge in [-0.15, -0.1) is 0 Å². The molecule has 0 aliphatic heterocycles. The highest BCUT2D eigenvalue weighted by atomic mass is 19.4. The van der Waals surface area contributed by atoms with Crippen molar-refractivity contribution >= 4 is 5.69 Å². The van der Waals surface area contributed by atoms with Crippen LogP contribution in [0.15, 0.2) is 24.4 Å². The number of halogens is 3. The number of aryl methyl sites for hydroxylation is 1. The highest BCUT2D eigenvalue weighted by molar-refractivity contribution is 5.71. The smallest absolute Gasteiger partial charge is 0.435 e. The Morgan fingerprint density at radius 3 is 2.48 bits per heavy atom. The van der Waals surface area contributed by atoms with Crippen LogP contribution in [-0.4, -0.2) is 15.9 Å². The summed E-state index contributed by atoms with van der Waals surface area (Å²) in [6.45, 7) is 3.65. The SMILES string of the molecule is CC(C)Oc1cc(N)cc(-c2cn(C)nc2C(F)(F)F)c1. The van der Waals surface area contributed by atoms with E-state index in [0.29, 0.717) is 17.0 Å². The number of aromatic nitrogens is 2. The summed E-state index contributed by atoms with van der Waals surface area (Å²) in [5.74, 6) is 0.428. The number of nitrogen functional groups attached to an aromatic ring is 1. The van der Waals surface area contributed by atoms with Crippen molar-refractivity contribution in [3.8, 4) is 16.9 Å². The van der Waals surface area contributed by atoms with E-state index < -0.39 is 11.9 Å². The minimum absolute atomic E-state index is 0.0223. The zero-order valence-corrected chi connectivity index (χ0v) is 11.9. The van der Waals surface area contributed by atoms with Crippen LogP contribution in [-0.2, 0) is 13.2 Å². The summed E-state index contributed by atoms with van der Waals surface area (Å²) < 4.78 is 45.7. The van der Waals surface area contributed by atoms with E-state index in [-0.39, 0.29) is 11.7 Å². The molecule has 0 atom stereocenters. The maximum atomic E-state index is 13.0. The molecule has 114 valence electrons. The Morgan fingerprint density at radius 1 is 1.24 bits per heavy atom. The molecule has 2 aromatic rings. The van der Waals surface area contributed by atoms with E-state index in [1.165, 1.54) is 25.4 Å². The van der Waals surface area contributed by atoms with Gasteiger partial charge in [0.2, 0.25) is 0 Å². The molecule has 0 bridgehead atoms. The quantitative estimate of drug-likeness (QED) is 0.883. The number of anilines is 1. The minimum atomic E-state index is -4.53. The van der Waals surface area contributed by atoms with Crippen molar-refractivity contribution in [1.29, 1.82) is 0 Å². The van der Waals surface area contributed by atoms with Crippen molar-refractivity contribution < 1.29 is 17.9 Å². The number of alkyl halides is 3. The lowest BCUT2D eigenvalue weighted by atomic mass is 10.0. The van der Waals surface area contributed by atoms with Crippen LogP contribution >= 0.6 is 0 Å². The Morgan fingerprint density at radius 2 is 1.90 bits per heavy atom. The number of benzene rings is 1. The first kappa shape index (κ1) is 15.2. The zero-order valence-electron chi connectivity index (χ0n) is 11.9. The van der Waals surface area contributed by atoms with Crippen LogP contribution < -0.4 is 10.5 Å². The van der Waals surface area contributed by atoms with E-state index in [2.05, 4.69) is 5.10 Å². The molecule has 1 heterocycles. The molecule has 0 aliphatic rings. The van der Waals surface area contributed by atoms with Crippen LogP contribution in [0.1, 0.15) is 19.5 Å². The molecule has 7 heteroatoms. The molecule has 1 aromatic heterocycles. The number of ether oxygens (including phenoxy) is 1. The van der Waals surface area contributed by atoms with Gasteiger partial charge in [-0.2, -0.15) is 18.3 Å². The predicted molar refractivity (Wildman–Crippen MR) is 73.8 cm³/mol. The van der Waals surface area contributed by atoms with Gasteiger partial charge in [-0.3, -0.25) is 4.68 Å². The molecule has 21 heavy (non-hydrogen) atoms. The second-order valence-corrected chi connectivity index (χ2v) is 5.02. The Balaban J connectivity index is 2.54. The largest absolute Gasteiger partial charge is 0.491 e. The minimum Gasteiger partial charge on any atom is -0.491 e. The van der Waals surface area contributed by atoms with Gasteiger partial charge in [-0.05, 0) is 31.5 Å². The molecule has 0 fully saturated rings. The second kappa shape index (κ2) is 5.31. The third-order valence-corrected chi connectivity index (χ3v) is 2.71. The van der Waals surface area contributed by atoms with E-state index in [1.54, 1.807) is 6.07 Å². The third kappa shape index (κ3) is 3.48. The van der Waals surface area contributed by atoms with Gasteiger partial charge in [0.25, 0.3) is 0 Å². The fraction of sp³-hybridized carbons (Fsp3) is 0.357. The van der Waals surface area contributed by atoms with Crippen LogP contribution in [0.4, 0.5) is 18.9 Å². The fourth-order valence-electron chi connectivity index (χ4n) is 2.03. The number of nitrogens with two attached hydrogens (primary N) is 1. The maximum absolute atomic E-state index is 13.0. The summed E-state index contributed by atoms with van der Waals surface area (Å²) in [6, 6.07) is 4.58. The Hall–Kier alpha value is -2.18. The summed E-state index contributed by atoms with van der Waals surface area (Å²) in [6.07, 6.45) is -3.31. The summed E-state index contributed by atoms with van der Waals surface area (Å²) in [4.78, 5) is 0. The first-order chi connectivity index (χ1) is 9.66. The lowest BCUT2D eigenvalue weighted by molar-refractivity contribution is -0.140. The molecule has 2 N–H and O–H groups in total. The van der Waals surface area contributed by atoms with E-state index in [0.717, 1.165) is 4.68 Å². The first-order valence-corrected chi connectivity index (χ1v) is 6.35. The predicted octanol–water partition coefficient (Wildman–Crippen LogP) is 3.48. The van der Waals surface area contributed by atoms with Gasteiger partial charge < -0.3 is 10.5 Å². The van der Waals surface area contributed by atoms with Crippen LogP contribution in [0.25, 0.3) is 11.1 Å². The first-order valence-electron chi connectivity index (χ1n) is 6.35. The average Bonchev–Trinajstić information content (AvgIpc) is 2.69. The Labute approximate surface area is 120 Å². The van der Waals surface area contributed by atoms with Gasteiger partial charge >= 0.3 is 6.18 Å². The van der Waals surface area contributed by atoms with E-state index in [4.69, 9.17) is 10.5 Å². The molecule has 0 unspecified atom stereocenters. The third-order valence-electron chi connectivity index (χ3n) is 2.71. The van der Waals surface area contributed by atoms with Crippen LogP contribution in [0.3, 0.4) is 0 Å². The molecule has 4 nitrogen and oxygen atoms in total. The average molecular weight is 299 g/mol. The summed E-state index contributed by atoms with van der Waals surface area (Å²) >= 11 is 0. The van der Waals surface area contributed by atoms with Crippen LogP contribution in [0, 0.1) is 0 Å². The summed E-state index contributed by atoms with van der Waals surface area (Å²) in [7, 11) is 1.44. The van der Waals surface area contributed by atoms with Gasteiger partial charge in [-0.1, -0.05) is 0 Å². The van der Waals surface area contributed by atoms with E-state index in [1.807, 2.05) is 13.8 Å². The van der Waals surface area contributed by atoms with Crippen molar-refractivity contribution in [2.24, 2.45) is 7.05 Å². The summed E-state index contributed by atoms with van der Waals surface area (Å²) in [5.41, 5.74) is 5.45. The maximum Gasteiger partial charge on any atom is 0.435 e. The van der Waals surface area contributed by atoms with Gasteiger partial charge in [0.05, 0.1) is 6.10 Å². The van der Waals surface area contributed by atoms with E-state index >= 15 is 0 Å². The van der Waals surface area contributed by atoms with Gasteiger partial charge in [-0.25, -0.2) is 0 Å². The highest BCUT2D eigenvalue weighted by Gasteiger charge is 2.37. The lowest BCUT2D eigenvalue weighted by Gasteiger charge is -2.12. The van der Waals surface area contributed by atoms with Crippen molar-refractivity contribution in [1.82, 2.24) is 9.78 Å². The normalized spacial score (nSPS) is 12.0. The number of rotatable bonds is 3. The van der Waals surface area contributed by atoms with Crippen molar-refractivity contribution in [2.75, 3.05) is 5.73 Å². The number of hydrogen-bond donors (Lipinski definition) is 1. The van der Waals surface area contributed by atoms with Gasteiger partial charge in [0, 0.05) is 30.6 Å². The molecule has 0 saturated heterocycles. The zero-order chi connectivity index (χ0) is 15.8. The Bertz CT molecular complexity index is 647. The monoisotopic (exact) mass is 299 g/mol. The fourth-order valence-corrected chi connectivity index (χ4v) is 2.03. The summed E-state index contributed by atoms with van der Waals surface area (Å²) in [5, 5.41) is 3.49. The lowest BCUT2D eigenvalue weighted by Crippen LogP contribution is -2.09. The van der Waals surface area contributed by atoms with Crippen LogP contribution in [0.2, 0.25) is 0 Å². The molecular formula is C14H16F3N3O. The standard InChI is InChI=1S/C14H16F3N3O/c1-8(2)21-11-5-9(4-10(18)6-11)12-7-20(3)19-13(12)14(15,16)17/h4-8H,18H2,1-3H3. The van der Waals surface area contributed by atoms with Crippen molar-refractivity contribution in [2.45, 2.75) is 26.1 Å². The van der Waals surface area contributed by atoms with Crippen molar-refractivity contribution in [3.05, 3.63) is 30.1 Å². The number of hydrogen-bond acceptors (Lipinski definition) is 3. The molecule has 1 aromatic carbocycles.